The lowest BCUT2D eigenvalue weighted by atomic mass is 10.3. The van der Waals surface area contributed by atoms with E-state index in [4.69, 9.17) is 11.6 Å². The Labute approximate surface area is 171 Å². The Hall–Kier alpha value is -2.20. The van der Waals surface area contributed by atoms with E-state index in [0.717, 1.165) is 0 Å². The lowest BCUT2D eigenvalue weighted by molar-refractivity contribution is 0.385. The lowest BCUT2D eigenvalue weighted by Gasteiger charge is -2.35. The van der Waals surface area contributed by atoms with Crippen LogP contribution in [0.4, 0.5) is 5.69 Å². The van der Waals surface area contributed by atoms with E-state index in [1.54, 1.807) is 35.8 Å². The fourth-order valence-corrected chi connectivity index (χ4v) is 5.92. The van der Waals surface area contributed by atoms with E-state index in [1.165, 1.54) is 20.3 Å². The van der Waals surface area contributed by atoms with Crippen molar-refractivity contribution in [3.8, 4) is 5.69 Å². The summed E-state index contributed by atoms with van der Waals surface area (Å²) in [5, 5.41) is 6.06. The Morgan fingerprint density at radius 3 is 2.36 bits per heavy atom. The van der Waals surface area contributed by atoms with Gasteiger partial charge in [0.2, 0.25) is 0 Å². The highest BCUT2D eigenvalue weighted by molar-refractivity contribution is 7.91. The van der Waals surface area contributed by atoms with Crippen molar-refractivity contribution < 1.29 is 8.42 Å². The highest BCUT2D eigenvalue weighted by atomic mass is 35.5. The zero-order valence-corrected chi connectivity index (χ0v) is 17.1. The number of para-hydroxylation sites is 1. The number of halogens is 1. The Morgan fingerprint density at radius 1 is 1.00 bits per heavy atom. The van der Waals surface area contributed by atoms with Crippen LogP contribution in [0.3, 0.4) is 0 Å². The number of nitrogens with zero attached hydrogens (tertiary/aromatic N) is 4. The summed E-state index contributed by atoms with van der Waals surface area (Å²) in [5.41, 5.74) is 0.749. The molecular weight excluding hydrogens is 420 g/mol. The summed E-state index contributed by atoms with van der Waals surface area (Å²) < 4.78 is 28.3. The second-order valence-electron chi connectivity index (χ2n) is 6.22. The van der Waals surface area contributed by atoms with Crippen LogP contribution in [0.2, 0.25) is 5.02 Å². The number of thiophene rings is 1. The van der Waals surface area contributed by atoms with E-state index < -0.39 is 15.6 Å². The first-order valence-corrected chi connectivity index (χ1v) is 11.3. The minimum atomic E-state index is -3.47. The molecule has 3 heterocycles. The third-order valence-corrected chi connectivity index (χ3v) is 8.20. The van der Waals surface area contributed by atoms with Crippen LogP contribution in [0.1, 0.15) is 0 Å². The first-order chi connectivity index (χ1) is 13.5. The number of aromatic nitrogens is 2. The van der Waals surface area contributed by atoms with E-state index in [0.29, 0.717) is 41.8 Å². The molecular formula is C18H17ClN4O3S2. The average molecular weight is 437 g/mol. The summed E-state index contributed by atoms with van der Waals surface area (Å²) in [4.78, 5) is 14.5. The molecule has 0 N–H and O–H groups in total. The number of hydrogen-bond donors (Lipinski definition) is 0. The predicted octanol–water partition coefficient (Wildman–Crippen LogP) is 2.46. The topological polar surface area (TPSA) is 75.5 Å². The van der Waals surface area contributed by atoms with Crippen molar-refractivity contribution in [3.05, 3.63) is 69.4 Å². The number of sulfonamides is 1. The van der Waals surface area contributed by atoms with Crippen molar-refractivity contribution in [2.75, 3.05) is 31.1 Å². The van der Waals surface area contributed by atoms with E-state index in [1.807, 2.05) is 23.1 Å². The van der Waals surface area contributed by atoms with Gasteiger partial charge in [-0.15, -0.1) is 11.3 Å². The van der Waals surface area contributed by atoms with Gasteiger partial charge < -0.3 is 4.90 Å². The minimum absolute atomic E-state index is 0.0772. The molecule has 28 heavy (non-hydrogen) atoms. The first kappa shape index (κ1) is 19.1. The molecule has 1 saturated heterocycles. The maximum absolute atomic E-state index is 12.6. The largest absolute Gasteiger partial charge is 0.366 e. The molecule has 1 aromatic carbocycles. The SMILES string of the molecule is O=c1c(Cl)c(N2CCN(S(=O)(=O)c3cccs3)CC2)cnn1-c1ccccc1. The van der Waals surface area contributed by atoms with Crippen LogP contribution < -0.4 is 10.5 Å². The molecule has 2 aromatic heterocycles. The second-order valence-corrected chi connectivity index (χ2v) is 9.71. The number of piperazine rings is 1. The van der Waals surface area contributed by atoms with Gasteiger partial charge in [-0.25, -0.2) is 8.42 Å². The lowest BCUT2D eigenvalue weighted by Crippen LogP contribution is -2.49. The van der Waals surface area contributed by atoms with Crippen molar-refractivity contribution in [2.24, 2.45) is 0 Å². The zero-order chi connectivity index (χ0) is 19.7. The Kier molecular flexibility index (Phi) is 5.24. The summed E-state index contributed by atoms with van der Waals surface area (Å²) >= 11 is 7.55. The number of hydrogen-bond acceptors (Lipinski definition) is 6. The number of benzene rings is 1. The highest BCUT2D eigenvalue weighted by Crippen LogP contribution is 2.26. The van der Waals surface area contributed by atoms with Crippen LogP contribution >= 0.6 is 22.9 Å². The van der Waals surface area contributed by atoms with E-state index in [9.17, 15) is 13.2 Å². The van der Waals surface area contributed by atoms with Crippen LogP contribution in [0.5, 0.6) is 0 Å². The van der Waals surface area contributed by atoms with Gasteiger partial charge in [0.1, 0.15) is 9.23 Å². The van der Waals surface area contributed by atoms with Gasteiger partial charge in [-0.05, 0) is 23.6 Å². The number of anilines is 1. The minimum Gasteiger partial charge on any atom is -0.366 e. The van der Waals surface area contributed by atoms with Crippen LogP contribution in [0.15, 0.2) is 63.0 Å². The van der Waals surface area contributed by atoms with Crippen molar-refractivity contribution in [2.45, 2.75) is 4.21 Å². The molecule has 0 atom stereocenters. The molecule has 3 aromatic rings. The molecule has 0 amide bonds. The molecule has 0 spiro atoms. The fourth-order valence-electron chi connectivity index (χ4n) is 3.10. The van der Waals surface area contributed by atoms with Crippen LogP contribution in [0, 0.1) is 0 Å². The average Bonchev–Trinajstić information content (AvgIpc) is 3.27. The van der Waals surface area contributed by atoms with Crippen molar-refractivity contribution in [3.63, 3.8) is 0 Å². The molecule has 4 rings (SSSR count). The van der Waals surface area contributed by atoms with Crippen LogP contribution in [-0.2, 0) is 10.0 Å². The predicted molar refractivity (Wildman–Crippen MR) is 110 cm³/mol. The van der Waals surface area contributed by atoms with Gasteiger partial charge in [0, 0.05) is 26.2 Å². The second kappa shape index (κ2) is 7.67. The van der Waals surface area contributed by atoms with Crippen LogP contribution in [0.25, 0.3) is 5.69 Å². The van der Waals surface area contributed by atoms with E-state index in [2.05, 4.69) is 5.10 Å². The Morgan fingerprint density at radius 2 is 1.71 bits per heavy atom. The quantitative estimate of drug-likeness (QED) is 0.628. The van der Waals surface area contributed by atoms with Gasteiger partial charge >= 0.3 is 0 Å². The Bertz CT molecular complexity index is 1120. The summed E-state index contributed by atoms with van der Waals surface area (Å²) in [5.74, 6) is 0. The molecule has 146 valence electrons. The third kappa shape index (κ3) is 3.46. The van der Waals surface area contributed by atoms with Gasteiger partial charge in [-0.3, -0.25) is 4.79 Å². The maximum atomic E-state index is 12.6. The zero-order valence-electron chi connectivity index (χ0n) is 14.7. The van der Waals surface area contributed by atoms with Gasteiger partial charge in [0.15, 0.2) is 0 Å². The van der Waals surface area contributed by atoms with E-state index >= 15 is 0 Å². The van der Waals surface area contributed by atoms with Gasteiger partial charge in [0.25, 0.3) is 15.6 Å². The highest BCUT2D eigenvalue weighted by Gasteiger charge is 2.30. The molecule has 1 aliphatic rings. The normalized spacial score (nSPS) is 15.7. The van der Waals surface area contributed by atoms with Gasteiger partial charge in [0.05, 0.1) is 17.6 Å². The maximum Gasteiger partial charge on any atom is 0.292 e. The molecule has 0 bridgehead atoms. The third-order valence-electron chi connectivity index (χ3n) is 4.57. The van der Waals surface area contributed by atoms with Crippen LogP contribution in [-0.4, -0.2) is 48.7 Å². The molecule has 10 heteroatoms. The first-order valence-electron chi connectivity index (χ1n) is 8.60. The Balaban J connectivity index is 1.54. The molecule has 0 radical (unpaired) electrons. The monoisotopic (exact) mass is 436 g/mol. The van der Waals surface area contributed by atoms with Crippen molar-refractivity contribution in [1.82, 2.24) is 14.1 Å². The van der Waals surface area contributed by atoms with Gasteiger partial charge in [-0.1, -0.05) is 35.9 Å². The molecule has 7 nitrogen and oxygen atoms in total. The summed E-state index contributed by atoms with van der Waals surface area (Å²) in [7, 11) is -3.47. The summed E-state index contributed by atoms with van der Waals surface area (Å²) in [6.45, 7) is 1.50. The van der Waals surface area contributed by atoms with E-state index in [-0.39, 0.29) is 5.02 Å². The summed E-state index contributed by atoms with van der Waals surface area (Å²) in [6.07, 6.45) is 1.56. The van der Waals surface area contributed by atoms with Gasteiger partial charge in [-0.2, -0.15) is 14.1 Å². The van der Waals surface area contributed by atoms with Crippen molar-refractivity contribution >= 4 is 38.6 Å². The smallest absolute Gasteiger partial charge is 0.292 e. The fraction of sp³-hybridized carbons (Fsp3) is 0.222. The number of rotatable bonds is 4. The molecule has 0 saturated carbocycles. The molecule has 1 fully saturated rings. The van der Waals surface area contributed by atoms with Crippen molar-refractivity contribution in [1.29, 1.82) is 0 Å². The molecule has 1 aliphatic heterocycles. The summed E-state index contributed by atoms with van der Waals surface area (Å²) in [6, 6.07) is 12.4. The molecule has 0 unspecified atom stereocenters. The molecule has 0 aliphatic carbocycles. The standard InChI is InChI=1S/C18H17ClN4O3S2/c19-17-15(13-20-23(18(17)24)14-5-2-1-3-6-14)21-8-10-22(11-9-21)28(25,26)16-7-4-12-27-16/h1-7,12-13H,8-11H2.